The van der Waals surface area contributed by atoms with Gasteiger partial charge in [0.15, 0.2) is 11.6 Å². The average Bonchev–Trinajstić information content (AvgIpc) is 2.96. The van der Waals surface area contributed by atoms with Crippen LogP contribution in [0.4, 0.5) is 5.82 Å². The Labute approximate surface area is 125 Å². The Balaban J connectivity index is 2.13. The standard InChI is InChI=1S/C16H24N4O/c1-3-5-6-7-14(4-2)20-11-13(10-19-20)12-8-15(21)16(17)18-9-12/h8-11,14,21H,3-7H2,1-2H3,(H2,17,18). The molecule has 0 fully saturated rings. The SMILES string of the molecule is CCCCCC(CC)n1cc(-c2cnc(N)c(O)c2)cn1. The third kappa shape index (κ3) is 3.74. The van der Waals surface area contributed by atoms with Gasteiger partial charge in [0.25, 0.3) is 0 Å². The fraction of sp³-hybridized carbons (Fsp3) is 0.500. The van der Waals surface area contributed by atoms with Gasteiger partial charge in [0.1, 0.15) is 0 Å². The van der Waals surface area contributed by atoms with Gasteiger partial charge in [-0.2, -0.15) is 5.10 Å². The van der Waals surface area contributed by atoms with Crippen molar-refractivity contribution in [3.05, 3.63) is 24.7 Å². The molecule has 1 atom stereocenters. The van der Waals surface area contributed by atoms with E-state index >= 15 is 0 Å². The molecule has 5 nitrogen and oxygen atoms in total. The Morgan fingerprint density at radius 1 is 1.24 bits per heavy atom. The van der Waals surface area contributed by atoms with Crippen molar-refractivity contribution in [2.45, 2.75) is 52.0 Å². The zero-order valence-electron chi connectivity index (χ0n) is 12.8. The van der Waals surface area contributed by atoms with Crippen molar-refractivity contribution >= 4 is 5.82 Å². The van der Waals surface area contributed by atoms with Crippen LogP contribution in [0, 0.1) is 0 Å². The molecule has 0 bridgehead atoms. The second-order valence-electron chi connectivity index (χ2n) is 5.40. The zero-order valence-corrected chi connectivity index (χ0v) is 12.8. The zero-order chi connectivity index (χ0) is 15.2. The van der Waals surface area contributed by atoms with Crippen LogP contribution in [-0.2, 0) is 0 Å². The number of aromatic nitrogens is 3. The first kappa shape index (κ1) is 15.4. The van der Waals surface area contributed by atoms with Gasteiger partial charge in [-0.25, -0.2) is 4.98 Å². The lowest BCUT2D eigenvalue weighted by atomic mass is 10.1. The van der Waals surface area contributed by atoms with E-state index in [1.54, 1.807) is 12.3 Å². The molecule has 2 aromatic heterocycles. The summed E-state index contributed by atoms with van der Waals surface area (Å²) in [6, 6.07) is 2.06. The number of anilines is 1. The number of unbranched alkanes of at least 4 members (excludes halogenated alkanes) is 2. The van der Waals surface area contributed by atoms with E-state index in [-0.39, 0.29) is 11.6 Å². The van der Waals surface area contributed by atoms with Crippen LogP contribution >= 0.6 is 0 Å². The Kier molecular flexibility index (Phi) is 5.20. The molecule has 0 aromatic carbocycles. The number of aromatic hydroxyl groups is 1. The van der Waals surface area contributed by atoms with E-state index in [2.05, 4.69) is 23.9 Å². The summed E-state index contributed by atoms with van der Waals surface area (Å²) in [5.74, 6) is 0.160. The summed E-state index contributed by atoms with van der Waals surface area (Å²) in [5.41, 5.74) is 7.31. The summed E-state index contributed by atoms with van der Waals surface area (Å²) >= 11 is 0. The lowest BCUT2D eigenvalue weighted by Gasteiger charge is -2.15. The van der Waals surface area contributed by atoms with Gasteiger partial charge < -0.3 is 10.8 Å². The molecule has 2 heterocycles. The average molecular weight is 288 g/mol. The lowest BCUT2D eigenvalue weighted by molar-refractivity contribution is 0.397. The van der Waals surface area contributed by atoms with Crippen molar-refractivity contribution in [1.82, 2.24) is 14.8 Å². The highest BCUT2D eigenvalue weighted by atomic mass is 16.3. The summed E-state index contributed by atoms with van der Waals surface area (Å²) in [6.07, 6.45) is 11.4. The summed E-state index contributed by atoms with van der Waals surface area (Å²) in [5, 5.41) is 14.1. The number of rotatable bonds is 7. The van der Waals surface area contributed by atoms with Crippen LogP contribution in [-0.4, -0.2) is 19.9 Å². The smallest absolute Gasteiger partial charge is 0.165 e. The van der Waals surface area contributed by atoms with Crippen LogP contribution in [0.1, 0.15) is 52.0 Å². The summed E-state index contributed by atoms with van der Waals surface area (Å²) in [6.45, 7) is 4.40. The fourth-order valence-electron chi connectivity index (χ4n) is 2.46. The Morgan fingerprint density at radius 2 is 2.05 bits per heavy atom. The second-order valence-corrected chi connectivity index (χ2v) is 5.40. The van der Waals surface area contributed by atoms with E-state index in [4.69, 9.17) is 5.73 Å². The molecule has 2 rings (SSSR count). The molecule has 114 valence electrons. The molecule has 21 heavy (non-hydrogen) atoms. The van der Waals surface area contributed by atoms with Gasteiger partial charge in [-0.1, -0.05) is 33.1 Å². The van der Waals surface area contributed by atoms with E-state index in [0.29, 0.717) is 6.04 Å². The van der Waals surface area contributed by atoms with Crippen molar-refractivity contribution in [2.24, 2.45) is 0 Å². The minimum absolute atomic E-state index is 0.00948. The van der Waals surface area contributed by atoms with Gasteiger partial charge in [-0.3, -0.25) is 4.68 Å². The van der Waals surface area contributed by atoms with Crippen LogP contribution in [0.3, 0.4) is 0 Å². The van der Waals surface area contributed by atoms with Crippen LogP contribution in [0.5, 0.6) is 5.75 Å². The summed E-state index contributed by atoms with van der Waals surface area (Å²) < 4.78 is 2.03. The molecule has 2 aromatic rings. The number of nitrogen functional groups attached to an aromatic ring is 1. The van der Waals surface area contributed by atoms with Gasteiger partial charge in [-0.05, 0) is 18.9 Å². The maximum absolute atomic E-state index is 9.65. The number of nitrogens with two attached hydrogens (primary N) is 1. The molecule has 0 aliphatic rings. The van der Waals surface area contributed by atoms with Crippen molar-refractivity contribution in [1.29, 1.82) is 0 Å². The third-order valence-electron chi connectivity index (χ3n) is 3.82. The van der Waals surface area contributed by atoms with E-state index in [9.17, 15) is 5.11 Å². The molecule has 0 spiro atoms. The monoisotopic (exact) mass is 288 g/mol. The van der Waals surface area contributed by atoms with E-state index in [1.807, 2.05) is 17.1 Å². The topological polar surface area (TPSA) is 77.0 Å². The van der Waals surface area contributed by atoms with E-state index < -0.39 is 0 Å². The van der Waals surface area contributed by atoms with Crippen molar-refractivity contribution in [3.63, 3.8) is 0 Å². The molecule has 0 aliphatic carbocycles. The predicted octanol–water partition coefficient (Wildman–Crippen LogP) is 3.76. The molecule has 0 saturated carbocycles. The molecule has 0 radical (unpaired) electrons. The van der Waals surface area contributed by atoms with Gasteiger partial charge in [0, 0.05) is 23.5 Å². The van der Waals surface area contributed by atoms with Crippen molar-refractivity contribution in [3.8, 4) is 16.9 Å². The molecule has 0 saturated heterocycles. The lowest BCUT2D eigenvalue weighted by Crippen LogP contribution is -2.08. The first-order valence-electron chi connectivity index (χ1n) is 7.64. The maximum Gasteiger partial charge on any atom is 0.165 e. The summed E-state index contributed by atoms with van der Waals surface area (Å²) in [7, 11) is 0. The molecular weight excluding hydrogens is 264 g/mol. The highest BCUT2D eigenvalue weighted by molar-refractivity contribution is 5.65. The number of nitrogens with zero attached hydrogens (tertiary/aromatic N) is 3. The van der Waals surface area contributed by atoms with Crippen LogP contribution in [0.15, 0.2) is 24.7 Å². The minimum atomic E-state index is 0.00948. The maximum atomic E-state index is 9.65. The largest absolute Gasteiger partial charge is 0.504 e. The quantitative estimate of drug-likeness (QED) is 0.760. The van der Waals surface area contributed by atoms with Gasteiger partial charge in [-0.15, -0.1) is 0 Å². The first-order valence-corrected chi connectivity index (χ1v) is 7.64. The molecule has 0 aliphatic heterocycles. The molecule has 3 N–H and O–H groups in total. The third-order valence-corrected chi connectivity index (χ3v) is 3.82. The normalized spacial score (nSPS) is 12.5. The van der Waals surface area contributed by atoms with E-state index in [0.717, 1.165) is 24.0 Å². The Morgan fingerprint density at radius 3 is 2.71 bits per heavy atom. The van der Waals surface area contributed by atoms with Crippen molar-refractivity contribution < 1.29 is 5.11 Å². The van der Waals surface area contributed by atoms with Crippen LogP contribution in [0.2, 0.25) is 0 Å². The first-order chi connectivity index (χ1) is 10.2. The molecule has 5 heteroatoms. The molecular formula is C16H24N4O. The second kappa shape index (κ2) is 7.11. The Hall–Kier alpha value is -2.04. The van der Waals surface area contributed by atoms with Gasteiger partial charge in [0.05, 0.1) is 12.2 Å². The van der Waals surface area contributed by atoms with Crippen molar-refractivity contribution in [2.75, 3.05) is 5.73 Å². The molecule has 1 unspecified atom stereocenters. The van der Waals surface area contributed by atoms with Gasteiger partial charge in [0.2, 0.25) is 0 Å². The number of hydrogen-bond acceptors (Lipinski definition) is 4. The van der Waals surface area contributed by atoms with Gasteiger partial charge >= 0.3 is 0 Å². The molecule has 0 amide bonds. The number of pyridine rings is 1. The Bertz CT molecular complexity index is 579. The van der Waals surface area contributed by atoms with Crippen LogP contribution < -0.4 is 5.73 Å². The predicted molar refractivity (Wildman–Crippen MR) is 85.0 cm³/mol. The minimum Gasteiger partial charge on any atom is -0.504 e. The van der Waals surface area contributed by atoms with E-state index in [1.165, 1.54) is 19.3 Å². The van der Waals surface area contributed by atoms with Crippen LogP contribution in [0.25, 0.3) is 11.1 Å². The highest BCUT2D eigenvalue weighted by Gasteiger charge is 2.11. The highest BCUT2D eigenvalue weighted by Crippen LogP contribution is 2.27. The fourth-order valence-corrected chi connectivity index (χ4v) is 2.46. The summed E-state index contributed by atoms with van der Waals surface area (Å²) in [4.78, 5) is 3.98. The number of hydrogen-bond donors (Lipinski definition) is 2.